The van der Waals surface area contributed by atoms with Gasteiger partial charge in [0.2, 0.25) is 0 Å². The monoisotopic (exact) mass is 349 g/mol. The van der Waals surface area contributed by atoms with Crippen LogP contribution in [0.4, 0.5) is 5.69 Å². The van der Waals surface area contributed by atoms with E-state index in [2.05, 4.69) is 58.1 Å². The molecule has 5 nitrogen and oxygen atoms in total. The Bertz CT molecular complexity index is 785. The van der Waals surface area contributed by atoms with Crippen LogP contribution in [-0.4, -0.2) is 41.3 Å². The van der Waals surface area contributed by atoms with Crippen LogP contribution in [0.5, 0.6) is 0 Å². The molecule has 3 rings (SSSR count). The average molecular weight is 349 g/mol. The first-order valence-corrected chi connectivity index (χ1v) is 9.33. The molecule has 0 atom stereocenters. The molecule has 0 saturated carbocycles. The number of aromatic nitrogens is 2. The molecular weight excluding hydrogens is 322 g/mol. The van der Waals surface area contributed by atoms with Crippen molar-refractivity contribution in [1.82, 2.24) is 15.1 Å². The van der Waals surface area contributed by atoms with Crippen LogP contribution in [0, 0.1) is 24.2 Å². The molecule has 0 N–H and O–H groups in total. The van der Waals surface area contributed by atoms with Gasteiger partial charge in [-0.25, -0.2) is 0 Å². The lowest BCUT2D eigenvalue weighted by molar-refractivity contribution is 0.246. The number of rotatable bonds is 5. The van der Waals surface area contributed by atoms with Crippen LogP contribution < -0.4 is 4.90 Å². The van der Waals surface area contributed by atoms with Crippen molar-refractivity contribution in [2.24, 2.45) is 5.92 Å². The van der Waals surface area contributed by atoms with Gasteiger partial charge in [-0.15, -0.1) is 0 Å². The summed E-state index contributed by atoms with van der Waals surface area (Å²) in [5, 5.41) is 17.8. The van der Waals surface area contributed by atoms with Crippen LogP contribution in [0.15, 0.2) is 30.5 Å². The highest BCUT2D eigenvalue weighted by molar-refractivity contribution is 5.61. The molecule has 0 unspecified atom stereocenters. The van der Waals surface area contributed by atoms with Crippen LogP contribution in [0.3, 0.4) is 0 Å². The molecule has 1 fully saturated rings. The predicted octanol–water partition coefficient (Wildman–Crippen LogP) is 3.18. The smallest absolute Gasteiger partial charge is 0.101 e. The minimum absolute atomic E-state index is 0.614. The number of piperazine rings is 1. The van der Waals surface area contributed by atoms with Gasteiger partial charge in [-0.1, -0.05) is 19.9 Å². The fraction of sp³-hybridized carbons (Fsp3) is 0.476. The number of benzene rings is 1. The minimum atomic E-state index is 0.614. The van der Waals surface area contributed by atoms with E-state index in [9.17, 15) is 5.26 Å². The Labute approximate surface area is 156 Å². The highest BCUT2D eigenvalue weighted by Crippen LogP contribution is 2.25. The molecule has 1 aliphatic heterocycles. The van der Waals surface area contributed by atoms with Gasteiger partial charge < -0.3 is 4.90 Å². The summed E-state index contributed by atoms with van der Waals surface area (Å²) in [6.45, 7) is 11.1. The molecule has 0 radical (unpaired) electrons. The Morgan fingerprint density at radius 3 is 2.58 bits per heavy atom. The average Bonchev–Trinajstić information content (AvgIpc) is 2.62. The summed E-state index contributed by atoms with van der Waals surface area (Å²) in [7, 11) is 0. The number of nitrogens with zero attached hydrogens (tertiary/aromatic N) is 5. The Kier molecular flexibility index (Phi) is 5.85. The van der Waals surface area contributed by atoms with Gasteiger partial charge in [0.05, 0.1) is 23.1 Å². The molecule has 1 aromatic heterocycles. The van der Waals surface area contributed by atoms with Gasteiger partial charge in [0.1, 0.15) is 6.07 Å². The zero-order valence-corrected chi connectivity index (χ0v) is 15.9. The highest BCUT2D eigenvalue weighted by Gasteiger charge is 2.20. The van der Waals surface area contributed by atoms with Crippen molar-refractivity contribution < 1.29 is 0 Å². The second kappa shape index (κ2) is 8.29. The van der Waals surface area contributed by atoms with Crippen LogP contribution in [0.25, 0.3) is 0 Å². The fourth-order valence-corrected chi connectivity index (χ4v) is 3.51. The minimum Gasteiger partial charge on any atom is -0.368 e. The molecule has 0 amide bonds. The van der Waals surface area contributed by atoms with Gasteiger partial charge in [0.15, 0.2) is 0 Å². The van der Waals surface area contributed by atoms with E-state index in [0.717, 1.165) is 61.7 Å². The second-order valence-corrected chi connectivity index (χ2v) is 7.55. The summed E-state index contributed by atoms with van der Waals surface area (Å²) in [6, 6.07) is 10.7. The summed E-state index contributed by atoms with van der Waals surface area (Å²) >= 11 is 0. The SMILES string of the molecule is Cc1cnnc(CN2CCN(c3cc(CC(C)C)ccc3C#N)CC2)c1. The van der Waals surface area contributed by atoms with E-state index >= 15 is 0 Å². The van der Waals surface area contributed by atoms with Crippen LogP contribution in [-0.2, 0) is 13.0 Å². The van der Waals surface area contributed by atoms with Crippen molar-refractivity contribution in [2.45, 2.75) is 33.7 Å². The molecule has 5 heteroatoms. The van der Waals surface area contributed by atoms with Crippen molar-refractivity contribution in [1.29, 1.82) is 5.26 Å². The Morgan fingerprint density at radius 1 is 1.15 bits per heavy atom. The summed E-state index contributed by atoms with van der Waals surface area (Å²) < 4.78 is 0. The third kappa shape index (κ3) is 4.59. The number of hydrogen-bond donors (Lipinski definition) is 0. The van der Waals surface area contributed by atoms with Crippen molar-refractivity contribution in [3.63, 3.8) is 0 Å². The number of aryl methyl sites for hydroxylation is 1. The van der Waals surface area contributed by atoms with E-state index in [-0.39, 0.29) is 0 Å². The molecule has 26 heavy (non-hydrogen) atoms. The van der Waals surface area contributed by atoms with E-state index < -0.39 is 0 Å². The largest absolute Gasteiger partial charge is 0.368 e. The van der Waals surface area contributed by atoms with Crippen molar-refractivity contribution >= 4 is 5.69 Å². The van der Waals surface area contributed by atoms with Gasteiger partial charge in [-0.05, 0) is 48.6 Å². The van der Waals surface area contributed by atoms with E-state index in [1.165, 1.54) is 5.56 Å². The van der Waals surface area contributed by atoms with Gasteiger partial charge in [-0.3, -0.25) is 4.90 Å². The standard InChI is InChI=1S/C21H27N5/c1-16(2)10-18-4-5-19(13-22)21(12-18)26-8-6-25(7-9-26)15-20-11-17(3)14-23-24-20/h4-5,11-12,14,16H,6-10,15H2,1-3H3. The Morgan fingerprint density at radius 2 is 1.92 bits per heavy atom. The maximum Gasteiger partial charge on any atom is 0.101 e. The predicted molar refractivity (Wildman–Crippen MR) is 104 cm³/mol. The van der Waals surface area contributed by atoms with Gasteiger partial charge in [-0.2, -0.15) is 15.5 Å². The van der Waals surface area contributed by atoms with Crippen LogP contribution in [0.2, 0.25) is 0 Å². The van der Waals surface area contributed by atoms with E-state index in [0.29, 0.717) is 5.92 Å². The fourth-order valence-electron chi connectivity index (χ4n) is 3.51. The maximum atomic E-state index is 9.49. The molecular formula is C21H27N5. The van der Waals surface area contributed by atoms with Crippen molar-refractivity contribution in [3.05, 3.63) is 52.8 Å². The lowest BCUT2D eigenvalue weighted by atomic mass is 10.00. The first-order valence-electron chi connectivity index (χ1n) is 9.33. The zero-order valence-electron chi connectivity index (χ0n) is 15.9. The summed E-state index contributed by atoms with van der Waals surface area (Å²) in [5.41, 5.74) is 5.34. The van der Waals surface area contributed by atoms with Gasteiger partial charge in [0.25, 0.3) is 0 Å². The molecule has 2 heterocycles. The van der Waals surface area contributed by atoms with Crippen molar-refractivity contribution in [2.75, 3.05) is 31.1 Å². The Hall–Kier alpha value is -2.45. The molecule has 0 spiro atoms. The first kappa shape index (κ1) is 18.3. The highest BCUT2D eigenvalue weighted by atomic mass is 15.3. The third-order valence-electron chi connectivity index (χ3n) is 4.77. The van der Waals surface area contributed by atoms with E-state index in [1.807, 2.05) is 13.0 Å². The van der Waals surface area contributed by atoms with E-state index in [4.69, 9.17) is 0 Å². The Balaban J connectivity index is 1.66. The maximum absolute atomic E-state index is 9.49. The zero-order chi connectivity index (χ0) is 18.5. The van der Waals surface area contributed by atoms with Gasteiger partial charge in [0, 0.05) is 32.7 Å². The first-order chi connectivity index (χ1) is 12.5. The van der Waals surface area contributed by atoms with E-state index in [1.54, 1.807) is 6.20 Å². The third-order valence-corrected chi connectivity index (χ3v) is 4.77. The molecule has 2 aromatic rings. The molecule has 136 valence electrons. The number of anilines is 1. The normalized spacial score (nSPS) is 15.3. The molecule has 1 aliphatic rings. The van der Waals surface area contributed by atoms with Crippen LogP contribution in [0.1, 0.15) is 36.2 Å². The summed E-state index contributed by atoms with van der Waals surface area (Å²) in [5.74, 6) is 0.614. The number of nitriles is 1. The second-order valence-electron chi connectivity index (χ2n) is 7.55. The summed E-state index contributed by atoms with van der Waals surface area (Å²) in [6.07, 6.45) is 2.83. The van der Waals surface area contributed by atoms with Crippen molar-refractivity contribution in [3.8, 4) is 6.07 Å². The lowest BCUT2D eigenvalue weighted by Crippen LogP contribution is -2.46. The quantitative estimate of drug-likeness (QED) is 0.830. The lowest BCUT2D eigenvalue weighted by Gasteiger charge is -2.36. The molecule has 1 saturated heterocycles. The van der Waals surface area contributed by atoms with Crippen LogP contribution >= 0.6 is 0 Å². The molecule has 0 bridgehead atoms. The number of hydrogen-bond acceptors (Lipinski definition) is 5. The summed E-state index contributed by atoms with van der Waals surface area (Å²) in [4.78, 5) is 4.75. The topological polar surface area (TPSA) is 56.1 Å². The molecule has 0 aliphatic carbocycles. The molecule has 1 aromatic carbocycles. The van der Waals surface area contributed by atoms with Gasteiger partial charge >= 0.3 is 0 Å².